The molecule has 0 aliphatic carbocycles. The molecule has 2 amide bonds. The minimum Gasteiger partial charge on any atom is -0.484 e. The summed E-state index contributed by atoms with van der Waals surface area (Å²) in [5.74, 6) is -0.471. The third kappa shape index (κ3) is 7.07. The summed E-state index contributed by atoms with van der Waals surface area (Å²) < 4.78 is 16.7. The van der Waals surface area contributed by atoms with Gasteiger partial charge in [-0.05, 0) is 68.3 Å². The number of halogens is 1. The quantitative estimate of drug-likeness (QED) is 0.446. The van der Waals surface area contributed by atoms with Crippen molar-refractivity contribution in [2.24, 2.45) is 0 Å². The topological polar surface area (TPSA) is 103 Å². The predicted octanol–water partition coefficient (Wildman–Crippen LogP) is 2.85. The van der Waals surface area contributed by atoms with E-state index in [2.05, 4.69) is 26.8 Å². The molecule has 0 aromatic heterocycles. The number of hydrogen-bond acceptors (Lipinski definition) is 6. The summed E-state index contributed by atoms with van der Waals surface area (Å²) in [5.41, 5.74) is 6.68. The van der Waals surface area contributed by atoms with Crippen molar-refractivity contribution in [3.8, 4) is 11.5 Å². The zero-order valence-electron chi connectivity index (χ0n) is 16.9. The molecule has 0 unspecified atom stereocenters. The maximum atomic E-state index is 11.9. The molecule has 2 rings (SSSR count). The fourth-order valence-corrected chi connectivity index (χ4v) is 3.21. The number of benzene rings is 2. The lowest BCUT2D eigenvalue weighted by Gasteiger charge is -2.13. The minimum absolute atomic E-state index is 0.250. The normalized spacial score (nSPS) is 10.1. The molecular weight excluding hydrogens is 456 g/mol. The molecule has 0 spiro atoms. The summed E-state index contributed by atoms with van der Waals surface area (Å²) in [4.78, 5) is 35.3. The van der Waals surface area contributed by atoms with Gasteiger partial charge in [0.15, 0.2) is 13.2 Å². The highest BCUT2D eigenvalue weighted by Gasteiger charge is 2.11. The Hall–Kier alpha value is -3.07. The van der Waals surface area contributed by atoms with Crippen LogP contribution in [0.1, 0.15) is 28.4 Å². The van der Waals surface area contributed by atoms with Crippen molar-refractivity contribution in [2.75, 3.05) is 19.8 Å². The van der Waals surface area contributed by atoms with E-state index in [1.54, 1.807) is 19.1 Å². The first-order valence-corrected chi connectivity index (χ1v) is 9.96. The number of amides is 2. The predicted molar refractivity (Wildman–Crippen MR) is 113 cm³/mol. The van der Waals surface area contributed by atoms with E-state index in [1.807, 2.05) is 26.0 Å². The summed E-state index contributed by atoms with van der Waals surface area (Å²) in [6, 6.07) is 9.95. The second-order valence-electron chi connectivity index (χ2n) is 6.29. The lowest BCUT2D eigenvalue weighted by Crippen LogP contribution is -2.45. The molecule has 9 heteroatoms. The second-order valence-corrected chi connectivity index (χ2v) is 7.20. The number of carbonyl (C=O) groups is 3. The molecule has 2 aromatic carbocycles. The van der Waals surface area contributed by atoms with Crippen LogP contribution in [0.15, 0.2) is 40.9 Å². The van der Waals surface area contributed by atoms with E-state index in [1.165, 1.54) is 12.1 Å². The van der Waals surface area contributed by atoms with Crippen LogP contribution >= 0.6 is 15.9 Å². The highest BCUT2D eigenvalue weighted by molar-refractivity contribution is 9.10. The SMILES string of the molecule is CCOC(=O)c1ccc(OCC(=O)NNC(=O)COc2c(C)cc(Br)cc2C)cc1. The number of esters is 1. The third-order valence-electron chi connectivity index (χ3n) is 3.85. The van der Waals surface area contributed by atoms with Gasteiger partial charge in [0.05, 0.1) is 12.2 Å². The van der Waals surface area contributed by atoms with Crippen molar-refractivity contribution in [3.63, 3.8) is 0 Å². The number of carbonyl (C=O) groups excluding carboxylic acids is 3. The molecule has 0 saturated carbocycles. The van der Waals surface area contributed by atoms with Crippen molar-refractivity contribution in [1.82, 2.24) is 10.9 Å². The molecule has 0 heterocycles. The van der Waals surface area contributed by atoms with Crippen LogP contribution in [0.3, 0.4) is 0 Å². The van der Waals surface area contributed by atoms with E-state index in [0.717, 1.165) is 15.6 Å². The van der Waals surface area contributed by atoms with Gasteiger partial charge in [-0.25, -0.2) is 4.79 Å². The maximum absolute atomic E-state index is 11.9. The summed E-state index contributed by atoms with van der Waals surface area (Å²) in [7, 11) is 0. The fourth-order valence-electron chi connectivity index (χ4n) is 2.52. The Bertz CT molecular complexity index is 891. The molecule has 8 nitrogen and oxygen atoms in total. The Morgan fingerprint density at radius 3 is 1.97 bits per heavy atom. The van der Waals surface area contributed by atoms with Gasteiger partial charge >= 0.3 is 5.97 Å². The third-order valence-corrected chi connectivity index (χ3v) is 4.31. The van der Waals surface area contributed by atoms with E-state index in [0.29, 0.717) is 17.1 Å². The van der Waals surface area contributed by atoms with E-state index >= 15 is 0 Å². The lowest BCUT2D eigenvalue weighted by atomic mass is 10.1. The van der Waals surface area contributed by atoms with Gasteiger partial charge in [-0.2, -0.15) is 0 Å². The Kier molecular flexibility index (Phi) is 8.67. The Labute approximate surface area is 183 Å². The summed E-state index contributed by atoms with van der Waals surface area (Å²) in [5, 5.41) is 0. The van der Waals surface area contributed by atoms with E-state index in [9.17, 15) is 14.4 Å². The van der Waals surface area contributed by atoms with Crippen molar-refractivity contribution >= 4 is 33.7 Å². The average molecular weight is 479 g/mol. The smallest absolute Gasteiger partial charge is 0.338 e. The van der Waals surface area contributed by atoms with E-state index in [4.69, 9.17) is 14.2 Å². The molecule has 0 saturated heterocycles. The summed E-state index contributed by atoms with van der Waals surface area (Å²) >= 11 is 3.40. The first kappa shape index (κ1) is 23.2. The van der Waals surface area contributed by atoms with Crippen LogP contribution in [0.2, 0.25) is 0 Å². The molecule has 0 fully saturated rings. The first-order valence-electron chi connectivity index (χ1n) is 9.17. The Morgan fingerprint density at radius 1 is 0.900 bits per heavy atom. The number of nitrogens with one attached hydrogen (secondary N) is 2. The molecular formula is C21H23BrN2O6. The molecule has 0 bridgehead atoms. The molecule has 160 valence electrons. The summed E-state index contributed by atoms with van der Waals surface area (Å²) in [6.07, 6.45) is 0. The van der Waals surface area contributed by atoms with Crippen molar-refractivity contribution in [3.05, 3.63) is 57.6 Å². The fraction of sp³-hybridized carbons (Fsp3) is 0.286. The standard InChI is InChI=1S/C21H23BrN2O6/c1-4-28-21(27)15-5-7-17(8-6-15)29-11-18(25)23-24-19(26)12-30-20-13(2)9-16(22)10-14(20)3/h5-10H,4,11-12H2,1-3H3,(H,23,25)(H,24,26). The lowest BCUT2D eigenvalue weighted by molar-refractivity contribution is -0.131. The van der Waals surface area contributed by atoms with Gasteiger partial charge in [-0.1, -0.05) is 15.9 Å². The summed E-state index contributed by atoms with van der Waals surface area (Å²) in [6.45, 7) is 5.20. The number of rotatable bonds is 8. The van der Waals surface area contributed by atoms with Gasteiger partial charge in [-0.3, -0.25) is 20.4 Å². The van der Waals surface area contributed by atoms with Crippen LogP contribution in [-0.4, -0.2) is 37.6 Å². The Morgan fingerprint density at radius 2 is 1.43 bits per heavy atom. The van der Waals surface area contributed by atoms with E-state index < -0.39 is 17.8 Å². The van der Waals surface area contributed by atoms with Crippen molar-refractivity contribution in [1.29, 1.82) is 0 Å². The number of hydrogen-bond donors (Lipinski definition) is 2. The number of hydrazine groups is 1. The molecule has 0 radical (unpaired) electrons. The van der Waals surface area contributed by atoms with Crippen LogP contribution in [0.25, 0.3) is 0 Å². The van der Waals surface area contributed by atoms with Gasteiger partial charge in [0.2, 0.25) is 0 Å². The van der Waals surface area contributed by atoms with Gasteiger partial charge in [0, 0.05) is 4.47 Å². The van der Waals surface area contributed by atoms with Gasteiger partial charge < -0.3 is 14.2 Å². The number of aryl methyl sites for hydroxylation is 2. The minimum atomic E-state index is -0.547. The monoisotopic (exact) mass is 478 g/mol. The average Bonchev–Trinajstić information content (AvgIpc) is 2.70. The van der Waals surface area contributed by atoms with Gasteiger partial charge in [0.1, 0.15) is 11.5 Å². The molecule has 0 aliphatic heterocycles. The molecule has 30 heavy (non-hydrogen) atoms. The van der Waals surface area contributed by atoms with Crippen molar-refractivity contribution in [2.45, 2.75) is 20.8 Å². The molecule has 2 N–H and O–H groups in total. The van der Waals surface area contributed by atoms with Gasteiger partial charge in [-0.15, -0.1) is 0 Å². The zero-order chi connectivity index (χ0) is 22.1. The number of ether oxygens (including phenoxy) is 3. The van der Waals surface area contributed by atoms with Crippen LogP contribution < -0.4 is 20.3 Å². The van der Waals surface area contributed by atoms with Gasteiger partial charge in [0.25, 0.3) is 11.8 Å². The van der Waals surface area contributed by atoms with Crippen molar-refractivity contribution < 1.29 is 28.6 Å². The van der Waals surface area contributed by atoms with Crippen LogP contribution in [0.5, 0.6) is 11.5 Å². The van der Waals surface area contributed by atoms with Crippen LogP contribution in [0, 0.1) is 13.8 Å². The largest absolute Gasteiger partial charge is 0.484 e. The van der Waals surface area contributed by atoms with E-state index in [-0.39, 0.29) is 19.8 Å². The molecule has 0 aliphatic rings. The van der Waals surface area contributed by atoms with Crippen LogP contribution in [-0.2, 0) is 14.3 Å². The van der Waals surface area contributed by atoms with Crippen LogP contribution in [0.4, 0.5) is 0 Å². The highest BCUT2D eigenvalue weighted by atomic mass is 79.9. The second kappa shape index (κ2) is 11.2. The maximum Gasteiger partial charge on any atom is 0.338 e. The zero-order valence-corrected chi connectivity index (χ0v) is 18.5. The Balaban J connectivity index is 1.73. The molecule has 0 atom stereocenters. The first-order chi connectivity index (χ1) is 14.3. The highest BCUT2D eigenvalue weighted by Crippen LogP contribution is 2.27. The molecule has 2 aromatic rings.